The van der Waals surface area contributed by atoms with E-state index in [-0.39, 0.29) is 5.75 Å². The molecule has 0 radical (unpaired) electrons. The van der Waals surface area contributed by atoms with E-state index in [1.54, 1.807) is 13.8 Å². The molecule has 1 fully saturated rings. The first-order chi connectivity index (χ1) is 9.04. The fraction of sp³-hybridized carbons (Fsp3) is 0.833. The minimum absolute atomic E-state index is 0.152. The van der Waals surface area contributed by atoms with Crippen LogP contribution in [0.25, 0.3) is 0 Å². The zero-order valence-corrected chi connectivity index (χ0v) is 12.8. The van der Waals surface area contributed by atoms with E-state index >= 15 is 0 Å². The van der Waals surface area contributed by atoms with Gasteiger partial charge in [-0.25, -0.2) is 13.2 Å². The molecule has 116 valence electrons. The number of carboxylic acid groups (broad SMARTS) is 1. The number of carbonyl (C=O) groups excluding carboxylic acids is 1. The summed E-state index contributed by atoms with van der Waals surface area (Å²) in [4.78, 5) is 23.1. The number of carboxylic acids is 1. The number of carbonyl (C=O) groups is 2. The lowest BCUT2D eigenvalue weighted by Gasteiger charge is -2.28. The summed E-state index contributed by atoms with van der Waals surface area (Å²) < 4.78 is 22.2. The molecule has 0 aromatic carbocycles. The van der Waals surface area contributed by atoms with Crippen LogP contribution >= 0.6 is 0 Å². The summed E-state index contributed by atoms with van der Waals surface area (Å²) >= 11 is 0. The number of hydrogen-bond acceptors (Lipinski definition) is 4. The molecular weight excluding hydrogens is 284 g/mol. The normalized spacial score (nSPS) is 27.9. The van der Waals surface area contributed by atoms with Gasteiger partial charge in [0.2, 0.25) is 0 Å². The van der Waals surface area contributed by atoms with E-state index in [0.717, 1.165) is 12.7 Å². The van der Waals surface area contributed by atoms with Gasteiger partial charge >= 0.3 is 12.0 Å². The highest BCUT2D eigenvalue weighted by molar-refractivity contribution is 7.90. The van der Waals surface area contributed by atoms with Crippen molar-refractivity contribution in [2.24, 2.45) is 5.41 Å². The van der Waals surface area contributed by atoms with Crippen LogP contribution in [0.2, 0.25) is 0 Å². The highest BCUT2D eigenvalue weighted by Gasteiger charge is 2.45. The monoisotopic (exact) mass is 306 g/mol. The lowest BCUT2D eigenvalue weighted by molar-refractivity contribution is -0.148. The van der Waals surface area contributed by atoms with Gasteiger partial charge in [-0.05, 0) is 26.7 Å². The molecule has 0 spiro atoms. The summed E-state index contributed by atoms with van der Waals surface area (Å²) in [5.74, 6) is -1.08. The maximum Gasteiger partial charge on any atom is 0.315 e. The molecule has 0 bridgehead atoms. The lowest BCUT2D eigenvalue weighted by Crippen LogP contribution is -2.52. The minimum atomic E-state index is -3.17. The summed E-state index contributed by atoms with van der Waals surface area (Å²) in [6.45, 7) is 3.21. The Morgan fingerprint density at radius 3 is 2.55 bits per heavy atom. The van der Waals surface area contributed by atoms with Gasteiger partial charge in [-0.2, -0.15) is 0 Å². The molecule has 3 N–H and O–H groups in total. The smallest absolute Gasteiger partial charge is 0.315 e. The van der Waals surface area contributed by atoms with Gasteiger partial charge in [-0.1, -0.05) is 6.42 Å². The van der Waals surface area contributed by atoms with E-state index in [4.69, 9.17) is 0 Å². The molecule has 3 unspecified atom stereocenters. The molecule has 20 heavy (non-hydrogen) atoms. The van der Waals surface area contributed by atoms with E-state index in [1.165, 1.54) is 0 Å². The predicted molar refractivity (Wildman–Crippen MR) is 74.2 cm³/mol. The molecule has 3 atom stereocenters. The molecule has 0 saturated heterocycles. The predicted octanol–water partition coefficient (Wildman–Crippen LogP) is 0.362. The molecule has 0 aromatic heterocycles. The lowest BCUT2D eigenvalue weighted by atomic mass is 9.85. The van der Waals surface area contributed by atoms with Crippen LogP contribution in [0.3, 0.4) is 0 Å². The fourth-order valence-corrected chi connectivity index (χ4v) is 3.56. The van der Waals surface area contributed by atoms with Crippen molar-refractivity contribution in [1.29, 1.82) is 0 Å². The average Bonchev–Trinajstić information content (AvgIpc) is 2.58. The van der Waals surface area contributed by atoms with Crippen molar-refractivity contribution in [2.45, 2.75) is 45.2 Å². The van der Waals surface area contributed by atoms with Crippen LogP contribution in [0.5, 0.6) is 0 Å². The van der Waals surface area contributed by atoms with E-state index in [9.17, 15) is 23.1 Å². The first-order valence-electron chi connectivity index (χ1n) is 6.53. The quantitative estimate of drug-likeness (QED) is 0.679. The van der Waals surface area contributed by atoms with Crippen LogP contribution in [0.1, 0.15) is 33.1 Å². The standard InChI is InChI=1S/C12H22N2O5S/c1-8(7-20(3,18)19)13-11(17)14-9-5-4-6-12(9,2)10(15)16/h8-9H,4-7H2,1-3H3,(H,15,16)(H2,13,14,17). The average molecular weight is 306 g/mol. The van der Waals surface area contributed by atoms with Crippen LogP contribution in [0.15, 0.2) is 0 Å². The summed E-state index contributed by atoms with van der Waals surface area (Å²) in [6, 6.07) is -1.49. The van der Waals surface area contributed by atoms with Crippen molar-refractivity contribution in [3.63, 3.8) is 0 Å². The number of rotatable bonds is 5. The molecule has 8 heteroatoms. The van der Waals surface area contributed by atoms with E-state index in [2.05, 4.69) is 10.6 Å². The van der Waals surface area contributed by atoms with Gasteiger partial charge < -0.3 is 15.7 Å². The van der Waals surface area contributed by atoms with Gasteiger partial charge in [0.05, 0.1) is 11.2 Å². The van der Waals surface area contributed by atoms with Crippen LogP contribution in [-0.4, -0.2) is 49.6 Å². The van der Waals surface area contributed by atoms with Gasteiger partial charge in [-0.3, -0.25) is 4.79 Å². The van der Waals surface area contributed by atoms with Gasteiger partial charge in [0.15, 0.2) is 0 Å². The van der Waals surface area contributed by atoms with E-state index in [1.807, 2.05) is 0 Å². The molecule has 7 nitrogen and oxygen atoms in total. The SMILES string of the molecule is CC(CS(C)(=O)=O)NC(=O)NC1CCCC1(C)C(=O)O. The second-order valence-corrected chi connectivity index (χ2v) is 7.96. The molecular formula is C12H22N2O5S. The first kappa shape index (κ1) is 16.7. The number of hydrogen-bond donors (Lipinski definition) is 3. The van der Waals surface area contributed by atoms with Crippen molar-refractivity contribution in [3.8, 4) is 0 Å². The molecule has 1 rings (SSSR count). The molecule has 0 heterocycles. The highest BCUT2D eigenvalue weighted by Crippen LogP contribution is 2.38. The Balaban J connectivity index is 2.56. The fourth-order valence-electron chi connectivity index (χ4n) is 2.57. The Bertz CT molecular complexity index is 490. The zero-order valence-electron chi connectivity index (χ0n) is 12.0. The number of sulfone groups is 1. The largest absolute Gasteiger partial charge is 0.481 e. The number of aliphatic carboxylic acids is 1. The molecule has 1 aliphatic carbocycles. The van der Waals surface area contributed by atoms with Crippen molar-refractivity contribution >= 4 is 21.8 Å². The Labute approximate surface area is 119 Å². The molecule has 2 amide bonds. The van der Waals surface area contributed by atoms with Gasteiger partial charge in [-0.15, -0.1) is 0 Å². The van der Waals surface area contributed by atoms with Crippen LogP contribution in [0.4, 0.5) is 4.79 Å². The highest BCUT2D eigenvalue weighted by atomic mass is 32.2. The van der Waals surface area contributed by atoms with Crippen LogP contribution < -0.4 is 10.6 Å². The van der Waals surface area contributed by atoms with E-state index < -0.39 is 39.3 Å². The second kappa shape index (κ2) is 5.99. The van der Waals surface area contributed by atoms with Crippen molar-refractivity contribution < 1.29 is 23.1 Å². The third-order valence-corrected chi connectivity index (χ3v) is 4.79. The van der Waals surface area contributed by atoms with Gasteiger partial charge in [0.25, 0.3) is 0 Å². The Morgan fingerprint density at radius 1 is 1.45 bits per heavy atom. The third-order valence-electron chi connectivity index (χ3n) is 3.68. The molecule has 1 saturated carbocycles. The Hall–Kier alpha value is -1.31. The topological polar surface area (TPSA) is 113 Å². The Kier molecular flexibility index (Phi) is 5.01. The number of nitrogens with one attached hydrogen (secondary N) is 2. The molecule has 0 aromatic rings. The first-order valence-corrected chi connectivity index (χ1v) is 8.59. The Morgan fingerprint density at radius 2 is 2.05 bits per heavy atom. The minimum Gasteiger partial charge on any atom is -0.481 e. The summed E-state index contributed by atoms with van der Waals surface area (Å²) in [6.07, 6.45) is 2.97. The van der Waals surface area contributed by atoms with Gasteiger partial charge in [0, 0.05) is 18.3 Å². The number of amides is 2. The maximum absolute atomic E-state index is 11.8. The second-order valence-electron chi connectivity index (χ2n) is 5.78. The van der Waals surface area contributed by atoms with Crippen molar-refractivity contribution in [1.82, 2.24) is 10.6 Å². The number of urea groups is 1. The van der Waals surface area contributed by atoms with Crippen LogP contribution in [-0.2, 0) is 14.6 Å². The maximum atomic E-state index is 11.8. The van der Waals surface area contributed by atoms with Crippen molar-refractivity contribution in [3.05, 3.63) is 0 Å². The van der Waals surface area contributed by atoms with Gasteiger partial charge in [0.1, 0.15) is 9.84 Å². The molecule has 1 aliphatic rings. The zero-order chi connectivity index (χ0) is 15.6. The molecule has 0 aliphatic heterocycles. The third kappa shape index (κ3) is 4.36. The summed E-state index contributed by atoms with van der Waals surface area (Å²) in [5.41, 5.74) is -0.961. The van der Waals surface area contributed by atoms with E-state index in [0.29, 0.717) is 12.8 Å². The van der Waals surface area contributed by atoms with Crippen LogP contribution in [0, 0.1) is 5.41 Å². The van der Waals surface area contributed by atoms with Crippen molar-refractivity contribution in [2.75, 3.05) is 12.0 Å². The summed E-state index contributed by atoms with van der Waals surface area (Å²) in [7, 11) is -3.17. The summed E-state index contributed by atoms with van der Waals surface area (Å²) in [5, 5.41) is 14.4.